The van der Waals surface area contributed by atoms with Gasteiger partial charge in [0.25, 0.3) is 0 Å². The summed E-state index contributed by atoms with van der Waals surface area (Å²) in [6, 6.07) is 15.8. The van der Waals surface area contributed by atoms with Crippen molar-refractivity contribution in [1.29, 1.82) is 5.26 Å². The summed E-state index contributed by atoms with van der Waals surface area (Å²) in [6.07, 6.45) is 3.24. The molecular formula is C31H38N6O4. The van der Waals surface area contributed by atoms with Gasteiger partial charge < -0.3 is 14.8 Å². The number of nitriles is 1. The Morgan fingerprint density at radius 2 is 1.78 bits per heavy atom. The highest BCUT2D eigenvalue weighted by Crippen LogP contribution is 2.30. The fraction of sp³-hybridized carbons (Fsp3) is 0.452. The average Bonchev–Trinajstić information content (AvgIpc) is 3.43. The number of carbonyl (C=O) groups is 2. The maximum absolute atomic E-state index is 13.5. The summed E-state index contributed by atoms with van der Waals surface area (Å²) in [5, 5.41) is 21.2. The van der Waals surface area contributed by atoms with Crippen LogP contribution < -0.4 is 10.1 Å². The number of rotatable bonds is 7. The molecule has 0 unspecified atom stereocenters. The lowest BCUT2D eigenvalue weighted by Gasteiger charge is -2.43. The molecule has 0 spiro atoms. The Kier molecular flexibility index (Phi) is 8.96. The van der Waals surface area contributed by atoms with E-state index in [1.165, 1.54) is 4.90 Å². The number of piperidine rings is 1. The summed E-state index contributed by atoms with van der Waals surface area (Å²) >= 11 is 0. The second kappa shape index (κ2) is 12.4. The van der Waals surface area contributed by atoms with Crippen LogP contribution in [-0.4, -0.2) is 62.7 Å². The Morgan fingerprint density at radius 3 is 2.39 bits per heavy atom. The van der Waals surface area contributed by atoms with Gasteiger partial charge in [-0.05, 0) is 88.4 Å². The maximum Gasteiger partial charge on any atom is 0.411 e. The monoisotopic (exact) mass is 558 g/mol. The molecule has 4 atom stereocenters. The third-order valence-electron chi connectivity index (χ3n) is 7.22. The molecule has 4 rings (SSSR count). The third kappa shape index (κ3) is 7.23. The molecule has 2 aromatic carbocycles. The van der Waals surface area contributed by atoms with Crippen LogP contribution in [0.25, 0.3) is 16.9 Å². The number of methoxy groups -OCH3 is 1. The Balaban J connectivity index is 1.42. The summed E-state index contributed by atoms with van der Waals surface area (Å²) in [5.74, 6) is 0.362. The minimum absolute atomic E-state index is 0.0668. The van der Waals surface area contributed by atoms with E-state index in [-0.39, 0.29) is 17.9 Å². The van der Waals surface area contributed by atoms with E-state index in [2.05, 4.69) is 21.7 Å². The SMILES string of the molecule is COc1ccc(-c2cn(-c3ccc(C[C@@H](C#N)NC(=O)[C@@H]4[C@H](C)CC[C@H](C)N4C(=O)OC(C)(C)C)cc3)nn2)cc1. The van der Waals surface area contributed by atoms with Crippen molar-refractivity contribution in [1.82, 2.24) is 25.2 Å². The first-order valence-electron chi connectivity index (χ1n) is 13.9. The van der Waals surface area contributed by atoms with E-state index in [1.807, 2.05) is 68.6 Å². The number of amides is 2. The molecule has 1 N–H and O–H groups in total. The van der Waals surface area contributed by atoms with E-state index < -0.39 is 23.8 Å². The van der Waals surface area contributed by atoms with Crippen LogP contribution >= 0.6 is 0 Å². The Bertz CT molecular complexity index is 1390. The standard InChI is InChI=1S/C31H38N6O4/c1-20-7-8-21(2)37(30(39)41-31(3,4)5)28(20)29(38)33-24(18-32)17-22-9-13-25(14-10-22)36-19-27(34-35-36)23-11-15-26(40-6)16-12-23/h9-16,19-21,24,28H,7-8,17H2,1-6H3,(H,33,38)/t20-,21+,24+,28+/m1/s1. The minimum Gasteiger partial charge on any atom is -0.497 e. The van der Waals surface area contributed by atoms with Gasteiger partial charge >= 0.3 is 6.09 Å². The zero-order valence-electron chi connectivity index (χ0n) is 24.5. The molecule has 0 bridgehead atoms. The molecule has 3 aromatic rings. The molecule has 0 radical (unpaired) electrons. The molecular weight excluding hydrogens is 520 g/mol. The normalized spacial score (nSPS) is 19.6. The van der Waals surface area contributed by atoms with Gasteiger partial charge in [0.05, 0.1) is 25.1 Å². The summed E-state index contributed by atoms with van der Waals surface area (Å²) in [6.45, 7) is 9.29. The van der Waals surface area contributed by atoms with E-state index in [0.717, 1.165) is 41.1 Å². The third-order valence-corrected chi connectivity index (χ3v) is 7.22. The van der Waals surface area contributed by atoms with E-state index in [1.54, 1.807) is 32.6 Å². The van der Waals surface area contributed by atoms with Crippen LogP contribution in [-0.2, 0) is 16.0 Å². The molecule has 1 aliphatic rings. The van der Waals surface area contributed by atoms with Crippen LogP contribution in [0.15, 0.2) is 54.7 Å². The quantitative estimate of drug-likeness (QED) is 0.437. The molecule has 41 heavy (non-hydrogen) atoms. The van der Waals surface area contributed by atoms with Crippen molar-refractivity contribution in [3.8, 4) is 28.8 Å². The smallest absolute Gasteiger partial charge is 0.411 e. The lowest BCUT2D eigenvalue weighted by Crippen LogP contribution is -2.60. The van der Waals surface area contributed by atoms with Gasteiger partial charge in [-0.25, -0.2) is 9.48 Å². The van der Waals surface area contributed by atoms with Crippen LogP contribution in [0.4, 0.5) is 4.79 Å². The van der Waals surface area contributed by atoms with Gasteiger partial charge in [0.1, 0.15) is 29.1 Å². The van der Waals surface area contributed by atoms with Gasteiger partial charge in [0.2, 0.25) is 5.91 Å². The Hall–Kier alpha value is -4.39. The molecule has 0 aliphatic carbocycles. The predicted octanol–water partition coefficient (Wildman–Crippen LogP) is 4.92. The molecule has 2 heterocycles. The largest absolute Gasteiger partial charge is 0.497 e. The number of benzene rings is 2. The van der Waals surface area contributed by atoms with Gasteiger partial charge in [0, 0.05) is 18.0 Å². The number of nitrogens with one attached hydrogen (secondary N) is 1. The van der Waals surface area contributed by atoms with Gasteiger partial charge in [0.15, 0.2) is 0 Å². The van der Waals surface area contributed by atoms with Crippen molar-refractivity contribution >= 4 is 12.0 Å². The summed E-state index contributed by atoms with van der Waals surface area (Å²) < 4.78 is 12.5. The summed E-state index contributed by atoms with van der Waals surface area (Å²) in [5.41, 5.74) is 2.68. The van der Waals surface area contributed by atoms with Gasteiger partial charge in [-0.3, -0.25) is 9.69 Å². The van der Waals surface area contributed by atoms with Crippen molar-refractivity contribution in [2.75, 3.05) is 7.11 Å². The van der Waals surface area contributed by atoms with E-state index in [0.29, 0.717) is 6.42 Å². The Morgan fingerprint density at radius 1 is 1.10 bits per heavy atom. The van der Waals surface area contributed by atoms with Crippen molar-refractivity contribution in [2.45, 2.75) is 77.6 Å². The number of nitrogens with zero attached hydrogens (tertiary/aromatic N) is 5. The highest BCUT2D eigenvalue weighted by atomic mass is 16.6. The van der Waals surface area contributed by atoms with Crippen LogP contribution in [0.1, 0.15) is 53.0 Å². The molecule has 1 aromatic heterocycles. The second-order valence-corrected chi connectivity index (χ2v) is 11.6. The van der Waals surface area contributed by atoms with Crippen molar-refractivity contribution in [2.24, 2.45) is 5.92 Å². The number of ether oxygens (including phenoxy) is 2. The Labute approximate surface area is 241 Å². The number of carbonyl (C=O) groups excluding carboxylic acids is 2. The first kappa shape index (κ1) is 29.6. The van der Waals surface area contributed by atoms with Crippen molar-refractivity contribution < 1.29 is 19.1 Å². The highest BCUT2D eigenvalue weighted by Gasteiger charge is 2.42. The molecule has 216 valence electrons. The summed E-state index contributed by atoms with van der Waals surface area (Å²) in [4.78, 5) is 28.0. The van der Waals surface area contributed by atoms with Crippen LogP contribution in [0.5, 0.6) is 5.75 Å². The minimum atomic E-state index is -0.758. The lowest BCUT2D eigenvalue weighted by molar-refractivity contribution is -0.131. The maximum atomic E-state index is 13.5. The van der Waals surface area contributed by atoms with E-state index in [4.69, 9.17) is 9.47 Å². The fourth-order valence-electron chi connectivity index (χ4n) is 5.03. The molecule has 2 amide bonds. The van der Waals surface area contributed by atoms with Gasteiger partial charge in [-0.15, -0.1) is 5.10 Å². The van der Waals surface area contributed by atoms with Gasteiger partial charge in [-0.1, -0.05) is 24.3 Å². The van der Waals surface area contributed by atoms with Gasteiger partial charge in [-0.2, -0.15) is 5.26 Å². The molecule has 10 nitrogen and oxygen atoms in total. The lowest BCUT2D eigenvalue weighted by atomic mass is 9.86. The highest BCUT2D eigenvalue weighted by molar-refractivity contribution is 5.87. The van der Waals surface area contributed by atoms with E-state index in [9.17, 15) is 14.9 Å². The van der Waals surface area contributed by atoms with Crippen LogP contribution in [0.3, 0.4) is 0 Å². The average molecular weight is 559 g/mol. The zero-order chi connectivity index (χ0) is 29.7. The second-order valence-electron chi connectivity index (χ2n) is 11.6. The number of aromatic nitrogens is 3. The van der Waals surface area contributed by atoms with E-state index >= 15 is 0 Å². The molecule has 0 saturated carbocycles. The number of hydrogen-bond donors (Lipinski definition) is 1. The topological polar surface area (TPSA) is 122 Å². The first-order chi connectivity index (χ1) is 19.5. The molecule has 1 aliphatic heterocycles. The van der Waals surface area contributed by atoms with Crippen molar-refractivity contribution in [3.63, 3.8) is 0 Å². The first-order valence-corrected chi connectivity index (χ1v) is 13.9. The molecule has 1 fully saturated rings. The van der Waals surface area contributed by atoms with Crippen molar-refractivity contribution in [3.05, 3.63) is 60.3 Å². The number of likely N-dealkylation sites (tertiary alicyclic amines) is 1. The number of hydrogen-bond acceptors (Lipinski definition) is 7. The fourth-order valence-corrected chi connectivity index (χ4v) is 5.03. The van der Waals surface area contributed by atoms with Crippen LogP contribution in [0, 0.1) is 17.2 Å². The summed E-state index contributed by atoms with van der Waals surface area (Å²) in [7, 11) is 1.62. The molecule has 1 saturated heterocycles. The zero-order valence-corrected chi connectivity index (χ0v) is 24.5. The predicted molar refractivity (Wildman–Crippen MR) is 154 cm³/mol. The molecule has 10 heteroatoms. The van der Waals surface area contributed by atoms with Crippen LogP contribution in [0.2, 0.25) is 0 Å².